The molecule has 26 heavy (non-hydrogen) atoms. The summed E-state index contributed by atoms with van der Waals surface area (Å²) in [5.41, 5.74) is 1.46. The zero-order valence-electron chi connectivity index (χ0n) is 14.7. The second-order valence-corrected chi connectivity index (χ2v) is 6.74. The van der Waals surface area contributed by atoms with Crippen molar-refractivity contribution in [2.45, 2.75) is 44.9 Å². The van der Waals surface area contributed by atoms with Crippen LogP contribution in [0.2, 0.25) is 0 Å². The van der Waals surface area contributed by atoms with Crippen molar-refractivity contribution < 1.29 is 14.6 Å². The number of H-pyrrole nitrogens is 1. The Kier molecular flexibility index (Phi) is 5.90. The van der Waals surface area contributed by atoms with Crippen molar-refractivity contribution >= 4 is 22.6 Å². The van der Waals surface area contributed by atoms with E-state index in [4.69, 9.17) is 4.74 Å². The smallest absolute Gasteiger partial charge is 0.306 e. The van der Waals surface area contributed by atoms with Gasteiger partial charge in [-0.05, 0) is 24.5 Å². The van der Waals surface area contributed by atoms with Crippen LogP contribution in [0.4, 0.5) is 0 Å². The maximum Gasteiger partial charge on any atom is 0.306 e. The SMILES string of the molecule is N#CC(=C(O)COC(=O)CCC1CCCCC1)c1nc2ccccc2[nH]1. The number of aromatic nitrogens is 2. The number of esters is 1. The molecule has 3 rings (SSSR count). The van der Waals surface area contributed by atoms with Crippen LogP contribution >= 0.6 is 0 Å². The molecule has 0 aliphatic heterocycles. The summed E-state index contributed by atoms with van der Waals surface area (Å²) in [5.74, 6) is 0.233. The molecule has 136 valence electrons. The Morgan fingerprint density at radius 3 is 2.81 bits per heavy atom. The monoisotopic (exact) mass is 353 g/mol. The molecule has 0 atom stereocenters. The number of ether oxygens (including phenoxy) is 1. The predicted molar refractivity (Wildman–Crippen MR) is 98.0 cm³/mol. The van der Waals surface area contributed by atoms with Gasteiger partial charge in [0.05, 0.1) is 11.0 Å². The summed E-state index contributed by atoms with van der Waals surface area (Å²) >= 11 is 0. The largest absolute Gasteiger partial charge is 0.507 e. The zero-order chi connectivity index (χ0) is 18.4. The fourth-order valence-corrected chi connectivity index (χ4v) is 3.42. The van der Waals surface area contributed by atoms with Gasteiger partial charge in [0.1, 0.15) is 18.2 Å². The first-order valence-corrected chi connectivity index (χ1v) is 9.10. The van der Waals surface area contributed by atoms with Crippen molar-refractivity contribution in [3.63, 3.8) is 0 Å². The van der Waals surface area contributed by atoms with Crippen molar-refractivity contribution in [1.29, 1.82) is 5.26 Å². The Bertz CT molecular complexity index is 808. The van der Waals surface area contributed by atoms with E-state index in [1.807, 2.05) is 30.3 Å². The van der Waals surface area contributed by atoms with Gasteiger partial charge >= 0.3 is 5.97 Å². The number of benzene rings is 1. The number of fused-ring (bicyclic) bond motifs is 1. The quantitative estimate of drug-likeness (QED) is 0.459. The van der Waals surface area contributed by atoms with Crippen molar-refractivity contribution in [3.8, 4) is 6.07 Å². The fourth-order valence-electron chi connectivity index (χ4n) is 3.42. The lowest BCUT2D eigenvalue weighted by atomic mass is 9.86. The molecule has 2 aromatic rings. The number of nitriles is 1. The first-order valence-electron chi connectivity index (χ1n) is 9.10. The van der Waals surface area contributed by atoms with E-state index in [2.05, 4.69) is 9.97 Å². The van der Waals surface area contributed by atoms with Gasteiger partial charge in [-0.25, -0.2) is 4.98 Å². The third-order valence-electron chi connectivity index (χ3n) is 4.88. The van der Waals surface area contributed by atoms with Crippen molar-refractivity contribution in [3.05, 3.63) is 35.8 Å². The van der Waals surface area contributed by atoms with E-state index in [1.165, 1.54) is 32.1 Å². The van der Waals surface area contributed by atoms with Gasteiger partial charge in [0.25, 0.3) is 0 Å². The van der Waals surface area contributed by atoms with E-state index >= 15 is 0 Å². The maximum atomic E-state index is 11.9. The second-order valence-electron chi connectivity index (χ2n) is 6.74. The molecule has 1 fully saturated rings. The number of nitrogens with one attached hydrogen (secondary N) is 1. The Balaban J connectivity index is 1.58. The summed E-state index contributed by atoms with van der Waals surface area (Å²) in [5, 5.41) is 19.5. The van der Waals surface area contributed by atoms with Crippen LogP contribution in [-0.2, 0) is 9.53 Å². The Hall–Kier alpha value is -2.81. The zero-order valence-corrected chi connectivity index (χ0v) is 14.7. The first kappa shape index (κ1) is 18.0. The number of aliphatic hydroxyl groups is 1. The molecule has 0 bridgehead atoms. The summed E-state index contributed by atoms with van der Waals surface area (Å²) in [6.07, 6.45) is 7.32. The lowest BCUT2D eigenvalue weighted by Crippen LogP contribution is -2.12. The number of imidazole rings is 1. The van der Waals surface area contributed by atoms with Crippen LogP contribution in [0.3, 0.4) is 0 Å². The summed E-state index contributed by atoms with van der Waals surface area (Å²) < 4.78 is 5.13. The molecule has 6 heteroatoms. The molecule has 1 saturated carbocycles. The fraction of sp³-hybridized carbons (Fsp3) is 0.450. The summed E-state index contributed by atoms with van der Waals surface area (Å²) in [4.78, 5) is 19.2. The second kappa shape index (κ2) is 8.52. The first-order chi connectivity index (χ1) is 12.7. The molecule has 0 spiro atoms. The number of hydrogen-bond donors (Lipinski definition) is 2. The third-order valence-corrected chi connectivity index (χ3v) is 4.88. The molecule has 0 amide bonds. The van der Waals surface area contributed by atoms with Gasteiger partial charge in [-0.2, -0.15) is 5.26 Å². The van der Waals surface area contributed by atoms with Gasteiger partial charge < -0.3 is 14.8 Å². The molecule has 1 aromatic heterocycles. The van der Waals surface area contributed by atoms with E-state index in [9.17, 15) is 15.2 Å². The van der Waals surface area contributed by atoms with Gasteiger partial charge in [0.15, 0.2) is 11.6 Å². The Morgan fingerprint density at radius 1 is 1.31 bits per heavy atom. The number of carbonyl (C=O) groups excluding carboxylic acids is 1. The Labute approximate surface area is 152 Å². The molecule has 1 aliphatic rings. The van der Waals surface area contributed by atoms with E-state index in [-0.39, 0.29) is 29.7 Å². The molecule has 1 aromatic carbocycles. The van der Waals surface area contributed by atoms with Gasteiger partial charge in [0, 0.05) is 6.42 Å². The highest BCUT2D eigenvalue weighted by Gasteiger charge is 2.17. The van der Waals surface area contributed by atoms with Crippen LogP contribution in [-0.4, -0.2) is 27.7 Å². The van der Waals surface area contributed by atoms with Crippen LogP contribution < -0.4 is 0 Å². The molecular weight excluding hydrogens is 330 g/mol. The van der Waals surface area contributed by atoms with Crippen molar-refractivity contribution in [2.75, 3.05) is 6.61 Å². The molecular formula is C20H23N3O3. The molecule has 2 N–H and O–H groups in total. The Morgan fingerprint density at radius 2 is 2.08 bits per heavy atom. The topological polar surface area (TPSA) is 99.0 Å². The lowest BCUT2D eigenvalue weighted by Gasteiger charge is -2.20. The van der Waals surface area contributed by atoms with E-state index < -0.39 is 0 Å². The van der Waals surface area contributed by atoms with Crippen LogP contribution in [0.5, 0.6) is 0 Å². The number of para-hydroxylation sites is 2. The highest BCUT2D eigenvalue weighted by atomic mass is 16.5. The van der Waals surface area contributed by atoms with E-state index in [1.54, 1.807) is 0 Å². The van der Waals surface area contributed by atoms with E-state index in [0.717, 1.165) is 11.9 Å². The molecule has 0 radical (unpaired) electrons. The van der Waals surface area contributed by atoms with Gasteiger partial charge in [-0.3, -0.25) is 4.79 Å². The van der Waals surface area contributed by atoms with Gasteiger partial charge in [-0.1, -0.05) is 44.2 Å². The average Bonchev–Trinajstić information content (AvgIpc) is 3.09. The number of hydrogen-bond acceptors (Lipinski definition) is 5. The highest BCUT2D eigenvalue weighted by molar-refractivity contribution is 5.82. The molecule has 1 heterocycles. The highest BCUT2D eigenvalue weighted by Crippen LogP contribution is 2.27. The normalized spacial score (nSPS) is 16.1. The van der Waals surface area contributed by atoms with Crippen LogP contribution in [0.25, 0.3) is 16.6 Å². The van der Waals surface area contributed by atoms with Gasteiger partial charge in [0.2, 0.25) is 0 Å². The average molecular weight is 353 g/mol. The number of carbonyl (C=O) groups is 1. The van der Waals surface area contributed by atoms with Crippen molar-refractivity contribution in [2.24, 2.45) is 5.92 Å². The summed E-state index contributed by atoms with van der Waals surface area (Å²) in [7, 11) is 0. The van der Waals surface area contributed by atoms with Crippen LogP contribution in [0.1, 0.15) is 50.8 Å². The number of aromatic amines is 1. The minimum Gasteiger partial charge on any atom is -0.507 e. The van der Waals surface area contributed by atoms with Crippen LogP contribution in [0, 0.1) is 17.2 Å². The number of aliphatic hydroxyl groups excluding tert-OH is 1. The summed E-state index contributed by atoms with van der Waals surface area (Å²) in [6.45, 7) is -0.316. The van der Waals surface area contributed by atoms with Crippen molar-refractivity contribution in [1.82, 2.24) is 9.97 Å². The molecule has 1 aliphatic carbocycles. The summed E-state index contributed by atoms with van der Waals surface area (Å²) in [6, 6.07) is 9.28. The lowest BCUT2D eigenvalue weighted by molar-refractivity contribution is -0.143. The van der Waals surface area contributed by atoms with Gasteiger partial charge in [-0.15, -0.1) is 0 Å². The third kappa shape index (κ3) is 4.42. The number of allylic oxidation sites excluding steroid dienone is 1. The predicted octanol–water partition coefficient (Wildman–Crippen LogP) is 4.26. The standard InChI is InChI=1S/C20H23N3O3/c21-12-15(20-22-16-8-4-5-9-17(16)23-20)18(24)13-26-19(25)11-10-14-6-2-1-3-7-14/h4-5,8-9,14,24H,1-3,6-7,10-11,13H2,(H,22,23). The molecule has 0 unspecified atom stereocenters. The molecule has 6 nitrogen and oxygen atoms in total. The minimum absolute atomic E-state index is 0.0127. The van der Waals surface area contributed by atoms with Crippen LogP contribution in [0.15, 0.2) is 30.0 Å². The maximum absolute atomic E-state index is 11.9. The van der Waals surface area contributed by atoms with E-state index in [0.29, 0.717) is 17.9 Å². The molecule has 0 saturated heterocycles. The number of nitrogens with zero attached hydrogens (tertiary/aromatic N) is 2. The minimum atomic E-state index is -0.344. The number of rotatable bonds is 6.